The first-order valence-corrected chi connectivity index (χ1v) is 6.42. The normalized spacial score (nSPS) is 12.5. The van der Waals surface area contributed by atoms with E-state index in [4.69, 9.17) is 4.74 Å². The van der Waals surface area contributed by atoms with Gasteiger partial charge in [-0.05, 0) is 13.0 Å². The highest BCUT2D eigenvalue weighted by molar-refractivity contribution is 5.97. The maximum atomic E-state index is 11.8. The number of carbonyl (C=O) groups is 2. The van der Waals surface area contributed by atoms with Gasteiger partial charge in [0.25, 0.3) is 0 Å². The number of amides is 1. The van der Waals surface area contributed by atoms with Gasteiger partial charge in [0.05, 0.1) is 6.61 Å². The van der Waals surface area contributed by atoms with E-state index in [2.05, 4.69) is 5.32 Å². The Labute approximate surface area is 113 Å². The lowest BCUT2D eigenvalue weighted by molar-refractivity contribution is -0.122. The first-order chi connectivity index (χ1) is 8.93. The molecule has 1 aromatic heterocycles. The van der Waals surface area contributed by atoms with Crippen molar-refractivity contribution in [2.24, 2.45) is 5.92 Å². The van der Waals surface area contributed by atoms with Gasteiger partial charge in [-0.2, -0.15) is 0 Å². The number of ketones is 1. The summed E-state index contributed by atoms with van der Waals surface area (Å²) in [5, 5.41) is 2.82. The van der Waals surface area contributed by atoms with Crippen molar-refractivity contribution in [3.63, 3.8) is 0 Å². The van der Waals surface area contributed by atoms with E-state index in [1.807, 2.05) is 20.8 Å². The third-order valence-corrected chi connectivity index (χ3v) is 2.71. The molecule has 0 aliphatic heterocycles. The van der Waals surface area contributed by atoms with E-state index in [1.165, 1.54) is 0 Å². The summed E-state index contributed by atoms with van der Waals surface area (Å²) < 4.78 is 6.66. The van der Waals surface area contributed by atoms with Crippen LogP contribution in [-0.2, 0) is 16.1 Å². The van der Waals surface area contributed by atoms with E-state index in [-0.39, 0.29) is 30.2 Å². The molecule has 0 fully saturated rings. The van der Waals surface area contributed by atoms with Crippen LogP contribution >= 0.6 is 0 Å². The maximum absolute atomic E-state index is 11.8. The fraction of sp³-hybridized carbons (Fsp3) is 0.571. The van der Waals surface area contributed by atoms with Gasteiger partial charge in [-0.25, -0.2) is 0 Å². The number of ether oxygens (including phenoxy) is 1. The SMILES string of the molecule is COCC(C)NC(=O)Cn1ccc(C(=O)C(C)C)c1. The maximum Gasteiger partial charge on any atom is 0.240 e. The smallest absolute Gasteiger partial charge is 0.240 e. The van der Waals surface area contributed by atoms with Crippen LogP contribution in [0.25, 0.3) is 0 Å². The van der Waals surface area contributed by atoms with Gasteiger partial charge in [0.15, 0.2) is 5.78 Å². The lowest BCUT2D eigenvalue weighted by Gasteiger charge is -2.12. The van der Waals surface area contributed by atoms with E-state index < -0.39 is 0 Å². The number of nitrogens with zero attached hydrogens (tertiary/aromatic N) is 1. The van der Waals surface area contributed by atoms with Crippen LogP contribution in [0.3, 0.4) is 0 Å². The Kier molecular flexibility index (Phi) is 5.76. The summed E-state index contributed by atoms with van der Waals surface area (Å²) in [6, 6.07) is 1.72. The summed E-state index contributed by atoms with van der Waals surface area (Å²) in [7, 11) is 1.60. The van der Waals surface area contributed by atoms with Gasteiger partial charge in [0.1, 0.15) is 6.54 Å². The number of hydrogen-bond acceptors (Lipinski definition) is 3. The molecule has 1 aromatic rings. The van der Waals surface area contributed by atoms with Crippen LogP contribution in [0.2, 0.25) is 0 Å². The van der Waals surface area contributed by atoms with Crippen molar-refractivity contribution in [3.05, 3.63) is 24.0 Å². The van der Waals surface area contributed by atoms with Crippen LogP contribution in [-0.4, -0.2) is 36.0 Å². The number of rotatable bonds is 7. The van der Waals surface area contributed by atoms with Gasteiger partial charge in [0.2, 0.25) is 5.91 Å². The van der Waals surface area contributed by atoms with Crippen LogP contribution in [0.1, 0.15) is 31.1 Å². The molecule has 0 saturated carbocycles. The summed E-state index contributed by atoms with van der Waals surface area (Å²) in [4.78, 5) is 23.5. The monoisotopic (exact) mass is 266 g/mol. The zero-order valence-corrected chi connectivity index (χ0v) is 12.0. The van der Waals surface area contributed by atoms with E-state index >= 15 is 0 Å². The Hall–Kier alpha value is -1.62. The van der Waals surface area contributed by atoms with Gasteiger partial charge in [-0.1, -0.05) is 13.8 Å². The van der Waals surface area contributed by atoms with E-state index in [0.717, 1.165) is 0 Å². The Morgan fingerprint density at radius 3 is 2.63 bits per heavy atom. The molecule has 5 nitrogen and oxygen atoms in total. The standard InChI is InChI=1S/C14H22N2O3/c1-10(2)14(18)12-5-6-16(7-12)8-13(17)15-11(3)9-19-4/h5-7,10-11H,8-9H2,1-4H3,(H,15,17). The van der Waals surface area contributed by atoms with E-state index in [1.54, 1.807) is 30.1 Å². The molecule has 0 aliphatic carbocycles. The summed E-state index contributed by atoms with van der Waals surface area (Å²) in [6.07, 6.45) is 3.46. The minimum atomic E-state index is -0.0938. The summed E-state index contributed by atoms with van der Waals surface area (Å²) in [5.74, 6) is -0.0398. The third kappa shape index (κ3) is 4.87. The lowest BCUT2D eigenvalue weighted by Crippen LogP contribution is -2.37. The minimum Gasteiger partial charge on any atom is -0.383 e. The Bertz CT molecular complexity index is 438. The van der Waals surface area contributed by atoms with Crippen LogP contribution < -0.4 is 5.32 Å². The molecule has 0 radical (unpaired) electrons. The zero-order chi connectivity index (χ0) is 14.4. The molecule has 0 spiro atoms. The Morgan fingerprint density at radius 2 is 2.05 bits per heavy atom. The Balaban J connectivity index is 2.54. The van der Waals surface area contributed by atoms with Crippen LogP contribution in [0.4, 0.5) is 0 Å². The molecule has 19 heavy (non-hydrogen) atoms. The average molecular weight is 266 g/mol. The predicted octanol–water partition coefficient (Wildman–Crippen LogP) is 1.48. The highest BCUT2D eigenvalue weighted by atomic mass is 16.5. The molecule has 1 rings (SSSR count). The van der Waals surface area contributed by atoms with Crippen LogP contribution in [0, 0.1) is 5.92 Å². The molecule has 1 amide bonds. The summed E-state index contributed by atoms with van der Waals surface area (Å²) in [6.45, 7) is 6.29. The second-order valence-electron chi connectivity index (χ2n) is 5.02. The molecule has 0 aromatic carbocycles. The molecule has 0 aliphatic rings. The van der Waals surface area contributed by atoms with E-state index in [0.29, 0.717) is 12.2 Å². The van der Waals surface area contributed by atoms with Crippen molar-refractivity contribution < 1.29 is 14.3 Å². The van der Waals surface area contributed by atoms with E-state index in [9.17, 15) is 9.59 Å². The van der Waals surface area contributed by atoms with Crippen molar-refractivity contribution in [3.8, 4) is 0 Å². The molecule has 1 N–H and O–H groups in total. The third-order valence-electron chi connectivity index (χ3n) is 2.71. The number of carbonyl (C=O) groups excluding carboxylic acids is 2. The largest absolute Gasteiger partial charge is 0.383 e. The van der Waals surface area contributed by atoms with Gasteiger partial charge >= 0.3 is 0 Å². The van der Waals surface area contributed by atoms with Crippen LogP contribution in [0.15, 0.2) is 18.5 Å². The van der Waals surface area contributed by atoms with Gasteiger partial charge in [-0.3, -0.25) is 9.59 Å². The van der Waals surface area contributed by atoms with Crippen molar-refractivity contribution in [2.75, 3.05) is 13.7 Å². The van der Waals surface area contributed by atoms with Gasteiger partial charge < -0.3 is 14.6 Å². The molecule has 0 bridgehead atoms. The second kappa shape index (κ2) is 7.09. The summed E-state index contributed by atoms with van der Waals surface area (Å²) in [5.41, 5.74) is 0.646. The lowest BCUT2D eigenvalue weighted by atomic mass is 10.0. The van der Waals surface area contributed by atoms with Crippen LogP contribution in [0.5, 0.6) is 0 Å². The average Bonchev–Trinajstić information content (AvgIpc) is 2.76. The molecule has 0 saturated heterocycles. The quantitative estimate of drug-likeness (QED) is 0.760. The fourth-order valence-corrected chi connectivity index (χ4v) is 1.80. The Morgan fingerprint density at radius 1 is 1.37 bits per heavy atom. The number of Topliss-reactive ketones (excluding diaryl/α,β-unsaturated/α-hetero) is 1. The minimum absolute atomic E-state index is 0.0233. The molecular formula is C14H22N2O3. The summed E-state index contributed by atoms with van der Waals surface area (Å²) >= 11 is 0. The number of aromatic nitrogens is 1. The first kappa shape index (κ1) is 15.4. The predicted molar refractivity (Wildman–Crippen MR) is 73.1 cm³/mol. The van der Waals surface area contributed by atoms with Crippen molar-refractivity contribution in [1.29, 1.82) is 0 Å². The first-order valence-electron chi connectivity index (χ1n) is 6.42. The number of hydrogen-bond donors (Lipinski definition) is 1. The van der Waals surface area contributed by atoms with Gasteiger partial charge in [-0.15, -0.1) is 0 Å². The van der Waals surface area contributed by atoms with Crippen molar-refractivity contribution in [1.82, 2.24) is 9.88 Å². The molecule has 1 heterocycles. The second-order valence-corrected chi connectivity index (χ2v) is 5.02. The number of methoxy groups -OCH3 is 1. The fourth-order valence-electron chi connectivity index (χ4n) is 1.80. The van der Waals surface area contributed by atoms with Gasteiger partial charge in [0, 0.05) is 37.0 Å². The molecule has 5 heteroatoms. The molecular weight excluding hydrogens is 244 g/mol. The zero-order valence-electron chi connectivity index (χ0n) is 12.0. The number of nitrogens with one attached hydrogen (secondary N) is 1. The molecule has 1 atom stereocenters. The highest BCUT2D eigenvalue weighted by Gasteiger charge is 2.13. The van der Waals surface area contributed by atoms with Crippen molar-refractivity contribution >= 4 is 11.7 Å². The van der Waals surface area contributed by atoms with Crippen molar-refractivity contribution in [2.45, 2.75) is 33.4 Å². The highest BCUT2D eigenvalue weighted by Crippen LogP contribution is 2.08. The molecule has 1 unspecified atom stereocenters. The topological polar surface area (TPSA) is 60.3 Å². The molecule has 106 valence electrons.